The lowest BCUT2D eigenvalue weighted by molar-refractivity contribution is 0.0511. The fourth-order valence-corrected chi connectivity index (χ4v) is 1.87. The van der Waals surface area contributed by atoms with Crippen LogP contribution in [0.3, 0.4) is 0 Å². The second-order valence-electron chi connectivity index (χ2n) is 5.79. The number of benzene rings is 1. The van der Waals surface area contributed by atoms with Gasteiger partial charge in [0.05, 0.1) is 12.8 Å². The molecule has 0 radical (unpaired) electrons. The second-order valence-corrected chi connectivity index (χ2v) is 5.79. The van der Waals surface area contributed by atoms with Gasteiger partial charge in [-0.2, -0.15) is 9.78 Å². The van der Waals surface area contributed by atoms with E-state index < -0.39 is 11.7 Å². The molecule has 0 spiro atoms. The molecule has 2 aromatic rings. The third kappa shape index (κ3) is 3.62. The summed E-state index contributed by atoms with van der Waals surface area (Å²) in [5.41, 5.74) is 1.83. The van der Waals surface area contributed by atoms with Gasteiger partial charge in [0, 0.05) is 11.3 Å². The van der Waals surface area contributed by atoms with Gasteiger partial charge in [-0.05, 0) is 58.0 Å². The third-order valence-electron chi connectivity index (χ3n) is 2.84. The van der Waals surface area contributed by atoms with Crippen LogP contribution < -0.4 is 4.74 Å². The molecular formula is C16H20N2O3. The van der Waals surface area contributed by atoms with Gasteiger partial charge >= 0.3 is 6.09 Å². The summed E-state index contributed by atoms with van der Waals surface area (Å²) in [5.74, 6) is 0.780. The molecule has 0 saturated carbocycles. The van der Waals surface area contributed by atoms with Crippen molar-refractivity contribution in [3.63, 3.8) is 0 Å². The zero-order valence-corrected chi connectivity index (χ0v) is 13.0. The molecule has 1 heterocycles. The molecule has 21 heavy (non-hydrogen) atoms. The first-order chi connectivity index (χ1) is 9.80. The molecular weight excluding hydrogens is 268 g/mol. The van der Waals surface area contributed by atoms with Gasteiger partial charge < -0.3 is 9.47 Å². The Kier molecular flexibility index (Phi) is 4.02. The lowest BCUT2D eigenvalue weighted by Crippen LogP contribution is -2.28. The summed E-state index contributed by atoms with van der Waals surface area (Å²) in [4.78, 5) is 12.1. The van der Waals surface area contributed by atoms with Crippen molar-refractivity contribution in [2.24, 2.45) is 0 Å². The highest BCUT2D eigenvalue weighted by Gasteiger charge is 2.20. The quantitative estimate of drug-likeness (QED) is 0.846. The summed E-state index contributed by atoms with van der Waals surface area (Å²) in [5, 5.41) is 4.32. The van der Waals surface area contributed by atoms with E-state index in [2.05, 4.69) is 5.10 Å². The largest absolute Gasteiger partial charge is 0.497 e. The van der Waals surface area contributed by atoms with Crippen LogP contribution >= 0.6 is 0 Å². The van der Waals surface area contributed by atoms with Gasteiger partial charge in [-0.15, -0.1) is 0 Å². The average Bonchev–Trinajstić information content (AvgIpc) is 2.79. The minimum absolute atomic E-state index is 0.472. The lowest BCUT2D eigenvalue weighted by atomic mass is 10.1. The molecule has 1 aromatic heterocycles. The molecule has 0 aliphatic heterocycles. The van der Waals surface area contributed by atoms with Crippen molar-refractivity contribution in [2.45, 2.75) is 33.3 Å². The van der Waals surface area contributed by atoms with Crippen LogP contribution in [0.15, 0.2) is 30.3 Å². The monoisotopic (exact) mass is 288 g/mol. The maximum atomic E-state index is 12.1. The predicted molar refractivity (Wildman–Crippen MR) is 80.6 cm³/mol. The van der Waals surface area contributed by atoms with Crippen LogP contribution in [0, 0.1) is 6.92 Å². The summed E-state index contributed by atoms with van der Waals surface area (Å²) >= 11 is 0. The highest BCUT2D eigenvalue weighted by atomic mass is 16.6. The molecule has 1 aromatic carbocycles. The van der Waals surface area contributed by atoms with Crippen molar-refractivity contribution >= 4 is 6.09 Å². The zero-order chi connectivity index (χ0) is 15.6. The molecule has 0 bridgehead atoms. The maximum Gasteiger partial charge on any atom is 0.435 e. The number of carbonyl (C=O) groups is 1. The van der Waals surface area contributed by atoms with Crippen LogP contribution in [-0.2, 0) is 4.74 Å². The molecule has 112 valence electrons. The Hall–Kier alpha value is -2.30. The van der Waals surface area contributed by atoms with Crippen molar-refractivity contribution in [3.8, 4) is 17.0 Å². The zero-order valence-electron chi connectivity index (χ0n) is 13.0. The Morgan fingerprint density at radius 1 is 1.19 bits per heavy atom. The second kappa shape index (κ2) is 5.60. The highest BCUT2D eigenvalue weighted by Crippen LogP contribution is 2.22. The SMILES string of the molecule is COc1ccc(-c2cc(C)n(C(=O)OC(C)(C)C)n2)cc1. The molecule has 0 atom stereocenters. The van der Waals surface area contributed by atoms with Crippen LogP contribution in [0.1, 0.15) is 26.5 Å². The minimum Gasteiger partial charge on any atom is -0.497 e. The number of rotatable bonds is 2. The van der Waals surface area contributed by atoms with Crippen molar-refractivity contribution in [1.29, 1.82) is 0 Å². The summed E-state index contributed by atoms with van der Waals surface area (Å²) in [6.07, 6.45) is -0.472. The molecule has 0 aliphatic rings. The predicted octanol–water partition coefficient (Wildman–Crippen LogP) is 3.65. The fourth-order valence-electron chi connectivity index (χ4n) is 1.87. The fraction of sp³-hybridized carbons (Fsp3) is 0.375. The van der Waals surface area contributed by atoms with Crippen molar-refractivity contribution in [2.75, 3.05) is 7.11 Å². The number of carbonyl (C=O) groups excluding carboxylic acids is 1. The normalized spacial score (nSPS) is 11.3. The standard InChI is InChI=1S/C16H20N2O3/c1-11-10-14(12-6-8-13(20-5)9-7-12)17-18(11)15(19)21-16(2,3)4/h6-10H,1-5H3. The maximum absolute atomic E-state index is 12.1. The van der Waals surface area contributed by atoms with E-state index in [9.17, 15) is 4.79 Å². The van der Waals surface area contributed by atoms with Crippen LogP contribution in [0.5, 0.6) is 5.75 Å². The highest BCUT2D eigenvalue weighted by molar-refractivity contribution is 5.73. The van der Waals surface area contributed by atoms with Crippen molar-refractivity contribution in [3.05, 3.63) is 36.0 Å². The Labute approximate surface area is 124 Å². The van der Waals surface area contributed by atoms with Crippen molar-refractivity contribution in [1.82, 2.24) is 9.78 Å². The Morgan fingerprint density at radius 2 is 1.81 bits per heavy atom. The van der Waals surface area contributed by atoms with E-state index in [4.69, 9.17) is 9.47 Å². The van der Waals surface area contributed by atoms with Gasteiger partial charge in [-0.25, -0.2) is 4.79 Å². The van der Waals surface area contributed by atoms with Gasteiger partial charge in [0.2, 0.25) is 0 Å². The number of hydrogen-bond acceptors (Lipinski definition) is 4. The van der Waals surface area contributed by atoms with Gasteiger partial charge in [-0.1, -0.05) is 0 Å². The Balaban J connectivity index is 2.27. The molecule has 0 unspecified atom stereocenters. The van der Waals surface area contributed by atoms with E-state index in [0.717, 1.165) is 22.7 Å². The van der Waals surface area contributed by atoms with E-state index in [1.165, 1.54) is 4.68 Å². The molecule has 2 rings (SSSR count). The molecule has 0 N–H and O–H groups in total. The first-order valence-corrected chi connectivity index (χ1v) is 6.74. The van der Waals surface area contributed by atoms with Gasteiger partial charge in [-0.3, -0.25) is 0 Å². The topological polar surface area (TPSA) is 53.4 Å². The number of nitrogens with zero attached hydrogens (tertiary/aromatic N) is 2. The lowest BCUT2D eigenvalue weighted by Gasteiger charge is -2.19. The summed E-state index contributed by atoms with van der Waals surface area (Å²) in [6.45, 7) is 7.31. The molecule has 0 aliphatic carbocycles. The summed E-state index contributed by atoms with van der Waals surface area (Å²) in [6, 6.07) is 9.38. The van der Waals surface area contributed by atoms with Crippen LogP contribution in [0.25, 0.3) is 11.3 Å². The molecule has 5 nitrogen and oxygen atoms in total. The summed E-state index contributed by atoms with van der Waals surface area (Å²) < 4.78 is 11.7. The number of aromatic nitrogens is 2. The van der Waals surface area contributed by atoms with Crippen LogP contribution in [-0.4, -0.2) is 28.6 Å². The number of methoxy groups -OCH3 is 1. The average molecular weight is 288 g/mol. The first-order valence-electron chi connectivity index (χ1n) is 6.74. The van der Waals surface area contributed by atoms with Crippen LogP contribution in [0.2, 0.25) is 0 Å². The van der Waals surface area contributed by atoms with E-state index >= 15 is 0 Å². The molecule has 0 amide bonds. The van der Waals surface area contributed by atoms with E-state index in [1.54, 1.807) is 7.11 Å². The van der Waals surface area contributed by atoms with E-state index in [1.807, 2.05) is 58.0 Å². The van der Waals surface area contributed by atoms with Gasteiger partial charge in [0.1, 0.15) is 11.4 Å². The van der Waals surface area contributed by atoms with Gasteiger partial charge in [0.15, 0.2) is 0 Å². The third-order valence-corrected chi connectivity index (χ3v) is 2.84. The summed E-state index contributed by atoms with van der Waals surface area (Å²) in [7, 11) is 1.62. The number of aryl methyl sites for hydroxylation is 1. The smallest absolute Gasteiger partial charge is 0.435 e. The Bertz CT molecular complexity index is 637. The van der Waals surface area contributed by atoms with Crippen molar-refractivity contribution < 1.29 is 14.3 Å². The molecule has 0 fully saturated rings. The number of ether oxygens (including phenoxy) is 2. The minimum atomic E-state index is -0.546. The number of hydrogen-bond donors (Lipinski definition) is 0. The van der Waals surface area contributed by atoms with Crippen LogP contribution in [0.4, 0.5) is 4.79 Å². The van der Waals surface area contributed by atoms with Gasteiger partial charge in [0.25, 0.3) is 0 Å². The Morgan fingerprint density at radius 3 is 2.33 bits per heavy atom. The van der Waals surface area contributed by atoms with E-state index in [0.29, 0.717) is 0 Å². The molecule has 0 saturated heterocycles. The first kappa shape index (κ1) is 15.1. The molecule has 5 heteroatoms. The van der Waals surface area contributed by atoms with E-state index in [-0.39, 0.29) is 0 Å².